The number of fused-ring (bicyclic) bond motifs is 2. The first-order chi connectivity index (χ1) is 15.7. The average molecular weight is 480 g/mol. The number of benzene rings is 1. The molecule has 1 aliphatic carbocycles. The number of nitrogens with zero attached hydrogens (tertiary/aromatic N) is 1. The van der Waals surface area contributed by atoms with Crippen LogP contribution in [0.3, 0.4) is 0 Å². The summed E-state index contributed by atoms with van der Waals surface area (Å²) in [7, 11) is -1.17. The lowest BCUT2D eigenvalue weighted by atomic mass is 9.83. The van der Waals surface area contributed by atoms with Crippen LogP contribution in [0.1, 0.15) is 63.9 Å². The summed E-state index contributed by atoms with van der Waals surface area (Å²) < 4.78 is 38.4. The minimum atomic E-state index is -4.41. The Balaban J connectivity index is 0.000000454. The number of quaternary nitrogens is 1. The largest absolute Gasteiger partial charge is 0.726 e. The average Bonchev–Trinajstić information content (AvgIpc) is 2.96. The van der Waals surface area contributed by atoms with Crippen LogP contribution in [0.2, 0.25) is 0 Å². The fourth-order valence-corrected chi connectivity index (χ4v) is 5.95. The molecule has 2 heterocycles. The molecular formula is C25H37NO6S. The minimum absolute atomic E-state index is 0.0146. The van der Waals surface area contributed by atoms with E-state index in [9.17, 15) is 17.8 Å². The molecule has 2 bridgehead atoms. The van der Waals surface area contributed by atoms with Crippen molar-refractivity contribution < 1.29 is 31.2 Å². The number of allylic oxidation sites excluding steroid dienone is 1. The lowest BCUT2D eigenvalue weighted by molar-refractivity contribution is -0.949. The molecule has 0 N–H and O–H groups in total. The second kappa shape index (κ2) is 11.1. The molecule has 1 aromatic carbocycles. The van der Waals surface area contributed by atoms with Crippen molar-refractivity contribution in [2.75, 3.05) is 20.7 Å². The molecular weight excluding hydrogens is 442 g/mol. The Bertz CT molecular complexity index is 915. The van der Waals surface area contributed by atoms with E-state index in [1.54, 1.807) is 0 Å². The normalized spacial score (nSPS) is 31.2. The number of carbonyl (C=O) groups is 1. The van der Waals surface area contributed by atoms with Gasteiger partial charge in [-0.2, -0.15) is 0 Å². The van der Waals surface area contributed by atoms with Crippen LogP contribution in [-0.4, -0.2) is 62.3 Å². The maximum Gasteiger partial charge on any atom is 0.313 e. The van der Waals surface area contributed by atoms with Crippen LogP contribution in [-0.2, 0) is 24.1 Å². The van der Waals surface area contributed by atoms with Gasteiger partial charge in [0.05, 0.1) is 38.7 Å². The maximum atomic E-state index is 13.1. The fraction of sp³-hybridized carbons (Fsp3) is 0.640. The van der Waals surface area contributed by atoms with Crippen molar-refractivity contribution in [3.8, 4) is 0 Å². The summed E-state index contributed by atoms with van der Waals surface area (Å²) in [6.07, 6.45) is 11.4. The van der Waals surface area contributed by atoms with Gasteiger partial charge in [-0.25, -0.2) is 8.42 Å². The van der Waals surface area contributed by atoms with Gasteiger partial charge in [0.15, 0.2) is 0 Å². The van der Waals surface area contributed by atoms with E-state index >= 15 is 0 Å². The number of ether oxygens (including phenoxy) is 1. The maximum absolute atomic E-state index is 13.1. The van der Waals surface area contributed by atoms with Gasteiger partial charge in [-0.15, -0.1) is 0 Å². The second-order valence-corrected chi connectivity index (χ2v) is 10.7. The standard InChI is InChI=1S/C24H34NO2.CH4O4S/c1-3-15-25(2)19-13-14-20(25)17-21(16-19)27-24(26)23-12-8-7-11-22(23)18-9-5-4-6-10-18;1-5-6(2,3)4/h4-6,9-11,19-21,23H,3,7-8,12-17H2,1-2H3;1H3,(H,2,3,4)/q+1;/p-1. The van der Waals surface area contributed by atoms with Crippen molar-refractivity contribution in [1.82, 2.24) is 0 Å². The van der Waals surface area contributed by atoms with E-state index in [-0.39, 0.29) is 18.0 Å². The molecule has 0 aromatic heterocycles. The van der Waals surface area contributed by atoms with Gasteiger partial charge in [0.1, 0.15) is 6.10 Å². The zero-order valence-corrected chi connectivity index (χ0v) is 20.8. The van der Waals surface area contributed by atoms with Crippen LogP contribution >= 0.6 is 0 Å². The van der Waals surface area contributed by atoms with Gasteiger partial charge in [0, 0.05) is 25.7 Å². The van der Waals surface area contributed by atoms with E-state index in [0.29, 0.717) is 12.1 Å². The zero-order chi connectivity index (χ0) is 24.1. The van der Waals surface area contributed by atoms with E-state index in [1.807, 2.05) is 6.07 Å². The van der Waals surface area contributed by atoms with Crippen molar-refractivity contribution in [1.29, 1.82) is 0 Å². The molecule has 3 aliphatic rings. The molecule has 2 aliphatic heterocycles. The highest BCUT2D eigenvalue weighted by Gasteiger charge is 2.52. The Morgan fingerprint density at radius 3 is 2.27 bits per heavy atom. The number of carbonyl (C=O) groups excluding carboxylic acids is 1. The van der Waals surface area contributed by atoms with Gasteiger partial charge in [-0.05, 0) is 36.8 Å². The molecule has 0 radical (unpaired) electrons. The lowest BCUT2D eigenvalue weighted by Gasteiger charge is -2.47. The molecule has 33 heavy (non-hydrogen) atoms. The first-order valence-corrected chi connectivity index (χ1v) is 13.3. The number of hydrogen-bond acceptors (Lipinski definition) is 6. The van der Waals surface area contributed by atoms with Crippen molar-refractivity contribution in [2.45, 2.75) is 76.5 Å². The molecule has 3 unspecified atom stereocenters. The molecule has 1 aromatic rings. The van der Waals surface area contributed by atoms with E-state index in [4.69, 9.17) is 4.74 Å². The minimum Gasteiger partial charge on any atom is -0.726 e. The van der Waals surface area contributed by atoms with E-state index in [0.717, 1.165) is 39.2 Å². The van der Waals surface area contributed by atoms with Crippen LogP contribution < -0.4 is 0 Å². The third kappa shape index (κ3) is 6.44. The topological polar surface area (TPSA) is 92.7 Å². The number of esters is 1. The Hall–Kier alpha value is -1.74. The van der Waals surface area contributed by atoms with Gasteiger partial charge in [0.2, 0.25) is 10.4 Å². The molecule has 8 heteroatoms. The Morgan fingerprint density at radius 2 is 1.73 bits per heavy atom. The molecule has 3 atom stereocenters. The number of rotatable bonds is 6. The number of hydrogen-bond donors (Lipinski definition) is 0. The Kier molecular flexibility index (Phi) is 8.72. The summed E-state index contributed by atoms with van der Waals surface area (Å²) in [6.45, 7) is 3.55. The van der Waals surface area contributed by atoms with Crippen LogP contribution in [0.4, 0.5) is 0 Å². The molecule has 184 valence electrons. The second-order valence-electron chi connectivity index (χ2n) is 9.57. The summed E-state index contributed by atoms with van der Waals surface area (Å²) >= 11 is 0. The predicted molar refractivity (Wildman–Crippen MR) is 126 cm³/mol. The van der Waals surface area contributed by atoms with Gasteiger partial charge in [-0.1, -0.05) is 43.3 Å². The SMILES string of the molecule is CCC[N+]1(C)C2CCC1CC(OC(=O)C1CCCC=C1c1ccccc1)C2.COS(=O)(=O)[O-]. The van der Waals surface area contributed by atoms with Crippen molar-refractivity contribution in [2.24, 2.45) is 5.92 Å². The van der Waals surface area contributed by atoms with E-state index in [1.165, 1.54) is 41.4 Å². The number of piperidine rings is 1. The van der Waals surface area contributed by atoms with Crippen LogP contribution in [0.25, 0.3) is 5.57 Å². The highest BCUT2D eigenvalue weighted by molar-refractivity contribution is 7.80. The monoisotopic (exact) mass is 479 g/mol. The smallest absolute Gasteiger partial charge is 0.313 e. The highest BCUT2D eigenvalue weighted by Crippen LogP contribution is 2.43. The van der Waals surface area contributed by atoms with Crippen molar-refractivity contribution in [3.05, 3.63) is 42.0 Å². The third-order valence-electron chi connectivity index (χ3n) is 7.59. The van der Waals surface area contributed by atoms with E-state index < -0.39 is 10.4 Å². The zero-order valence-electron chi connectivity index (χ0n) is 19.9. The van der Waals surface area contributed by atoms with Gasteiger partial charge in [0.25, 0.3) is 0 Å². The van der Waals surface area contributed by atoms with Crippen LogP contribution in [0.15, 0.2) is 36.4 Å². The summed E-state index contributed by atoms with van der Waals surface area (Å²) in [5.74, 6) is -0.0713. The summed E-state index contributed by atoms with van der Waals surface area (Å²) in [6, 6.07) is 11.7. The first kappa shape index (κ1) is 25.9. The van der Waals surface area contributed by atoms with E-state index in [2.05, 4.69) is 48.5 Å². The molecule has 2 fully saturated rings. The highest BCUT2D eigenvalue weighted by atomic mass is 32.3. The van der Waals surface area contributed by atoms with Crippen LogP contribution in [0, 0.1) is 5.92 Å². The first-order valence-electron chi connectivity index (χ1n) is 12.0. The third-order valence-corrected chi connectivity index (χ3v) is 8.00. The van der Waals surface area contributed by atoms with Crippen molar-refractivity contribution in [3.63, 3.8) is 0 Å². The fourth-order valence-electron chi connectivity index (χ4n) is 5.95. The predicted octanol–water partition coefficient (Wildman–Crippen LogP) is 4.06. The molecule has 4 rings (SSSR count). The van der Waals surface area contributed by atoms with Gasteiger partial charge >= 0.3 is 5.97 Å². The summed E-state index contributed by atoms with van der Waals surface area (Å²) in [5.41, 5.74) is 2.35. The Morgan fingerprint density at radius 1 is 1.12 bits per heavy atom. The molecule has 0 amide bonds. The lowest BCUT2D eigenvalue weighted by Crippen LogP contribution is -2.59. The molecule has 0 spiro atoms. The Labute approximate surface area is 198 Å². The van der Waals surface area contributed by atoms with Crippen LogP contribution in [0.5, 0.6) is 0 Å². The van der Waals surface area contributed by atoms with Gasteiger partial charge < -0.3 is 13.8 Å². The molecule has 7 nitrogen and oxygen atoms in total. The van der Waals surface area contributed by atoms with Crippen molar-refractivity contribution >= 4 is 21.9 Å². The van der Waals surface area contributed by atoms with Gasteiger partial charge in [-0.3, -0.25) is 8.98 Å². The quantitative estimate of drug-likeness (QED) is 0.264. The summed E-state index contributed by atoms with van der Waals surface area (Å²) in [5, 5.41) is 0. The summed E-state index contributed by atoms with van der Waals surface area (Å²) in [4.78, 5) is 13.1. The molecule has 0 saturated carbocycles. The molecule has 2 saturated heterocycles.